The van der Waals surface area contributed by atoms with E-state index in [0.29, 0.717) is 0 Å². The van der Waals surface area contributed by atoms with Crippen LogP contribution in [0.5, 0.6) is 0 Å². The van der Waals surface area contributed by atoms with Crippen LogP contribution in [0.3, 0.4) is 0 Å². The molecular formula is CH3CuN6O3-. The van der Waals surface area contributed by atoms with Crippen LogP contribution < -0.4 is 5.84 Å². The minimum Gasteiger partial charge on any atom is -0.356 e. The molecule has 67 valence electrons. The van der Waals surface area contributed by atoms with Crippen LogP contribution in [0.15, 0.2) is 6.33 Å². The summed E-state index contributed by atoms with van der Waals surface area (Å²) in [6.45, 7) is 0. The predicted molar refractivity (Wildman–Crippen MR) is 28.3 cm³/mol. The fourth-order valence-electron chi connectivity index (χ4n) is 0.168. The first-order valence-corrected chi connectivity index (χ1v) is 1.92. The van der Waals surface area contributed by atoms with Gasteiger partial charge < -0.3 is 21.2 Å². The van der Waals surface area contributed by atoms with Gasteiger partial charge in [0.05, 0.1) is 5.09 Å². The van der Waals surface area contributed by atoms with Gasteiger partial charge in [-0.2, -0.15) is 0 Å². The third-order valence-corrected chi connectivity index (χ3v) is 0.365. The molecule has 1 heterocycles. The van der Waals surface area contributed by atoms with Crippen molar-refractivity contribution in [1.29, 1.82) is 0 Å². The Hall–Kier alpha value is -1.41. The Morgan fingerprint density at radius 3 is 2.09 bits per heavy atom. The fourth-order valence-corrected chi connectivity index (χ4v) is 0.168. The Morgan fingerprint density at radius 1 is 1.55 bits per heavy atom. The Balaban J connectivity index is 0. The van der Waals surface area contributed by atoms with Crippen molar-refractivity contribution in [2.75, 3.05) is 5.84 Å². The van der Waals surface area contributed by atoms with Gasteiger partial charge in [-0.05, 0) is 10.4 Å². The van der Waals surface area contributed by atoms with Gasteiger partial charge in [0.1, 0.15) is 0 Å². The van der Waals surface area contributed by atoms with Gasteiger partial charge in [0.25, 0.3) is 0 Å². The van der Waals surface area contributed by atoms with Crippen LogP contribution in [0.25, 0.3) is 0 Å². The van der Waals surface area contributed by atoms with Gasteiger partial charge in [-0.25, -0.2) is 0 Å². The van der Waals surface area contributed by atoms with Crippen molar-refractivity contribution in [2.45, 2.75) is 0 Å². The van der Waals surface area contributed by atoms with E-state index in [4.69, 9.17) is 21.2 Å². The zero-order valence-electron chi connectivity index (χ0n) is 4.92. The number of nitrogens with two attached hydrogens (primary N) is 1. The second-order valence-corrected chi connectivity index (χ2v) is 1.01. The molecule has 0 saturated heterocycles. The van der Waals surface area contributed by atoms with E-state index in [9.17, 15) is 0 Å². The molecular weight excluding hydrogens is 208 g/mol. The number of nitrogen functional groups attached to an aromatic ring is 1. The maximum Gasteiger partial charge on any atom is 0.161 e. The quantitative estimate of drug-likeness (QED) is 0.230. The van der Waals surface area contributed by atoms with E-state index >= 15 is 0 Å². The summed E-state index contributed by atoms with van der Waals surface area (Å²) in [6, 6.07) is 0. The molecule has 1 aromatic heterocycles. The number of rotatable bonds is 0. The maximum atomic E-state index is 8.25. The average Bonchev–Trinajstić information content (AvgIpc) is 2.15. The molecule has 0 amide bonds. The van der Waals surface area contributed by atoms with E-state index in [2.05, 4.69) is 15.5 Å². The van der Waals surface area contributed by atoms with Crippen LogP contribution in [0.2, 0.25) is 0 Å². The van der Waals surface area contributed by atoms with Gasteiger partial charge in [-0.1, -0.05) is 0 Å². The molecule has 10 heteroatoms. The minimum atomic E-state index is -1.75. The van der Waals surface area contributed by atoms with Crippen molar-refractivity contribution < 1.29 is 22.2 Å². The third-order valence-electron chi connectivity index (χ3n) is 0.365. The van der Waals surface area contributed by atoms with E-state index in [1.165, 1.54) is 6.33 Å². The Labute approximate surface area is 70.7 Å². The maximum absolute atomic E-state index is 8.25. The first-order chi connectivity index (χ1) is 4.63. The monoisotopic (exact) mass is 210 g/mol. The summed E-state index contributed by atoms with van der Waals surface area (Å²) in [5.41, 5.74) is 0. The molecule has 0 saturated carbocycles. The summed E-state index contributed by atoms with van der Waals surface area (Å²) in [5.74, 6) is 4.96. The molecule has 0 spiro atoms. The van der Waals surface area contributed by atoms with Gasteiger partial charge >= 0.3 is 0 Å². The number of tetrazole rings is 1. The predicted octanol–water partition coefficient (Wildman–Crippen LogP) is -1.85. The molecule has 0 aliphatic rings. The summed E-state index contributed by atoms with van der Waals surface area (Å²) in [5, 5.41) is 24.5. The molecule has 1 rings (SSSR count). The van der Waals surface area contributed by atoms with Crippen molar-refractivity contribution in [3.8, 4) is 0 Å². The Kier molecular flexibility index (Phi) is 7.49. The molecule has 0 unspecified atom stereocenters. The van der Waals surface area contributed by atoms with Gasteiger partial charge in [0.2, 0.25) is 0 Å². The summed E-state index contributed by atoms with van der Waals surface area (Å²) in [4.78, 5) is 9.28. The third kappa shape index (κ3) is 11.9. The first-order valence-electron chi connectivity index (χ1n) is 1.92. The number of hydrogen-bond donors (Lipinski definition) is 1. The molecule has 0 fully saturated rings. The largest absolute Gasteiger partial charge is 0.356 e. The summed E-state index contributed by atoms with van der Waals surface area (Å²) >= 11 is 0. The molecule has 2 N–H and O–H groups in total. The van der Waals surface area contributed by atoms with Gasteiger partial charge in [-0.15, -0.1) is 9.89 Å². The fraction of sp³-hybridized carbons (Fsp3) is 0. The van der Waals surface area contributed by atoms with E-state index in [-0.39, 0.29) is 17.1 Å². The summed E-state index contributed by atoms with van der Waals surface area (Å²) in [7, 11) is 0. The SMILES string of the molecule is Nn1cnnn1.O=[N+]([O-])[O-].[Cu]. The molecule has 9 nitrogen and oxygen atoms in total. The van der Waals surface area contributed by atoms with Crippen molar-refractivity contribution in [2.24, 2.45) is 0 Å². The number of aromatic nitrogens is 4. The number of nitrogens with zero attached hydrogens (tertiary/aromatic N) is 5. The van der Waals surface area contributed by atoms with E-state index in [1.807, 2.05) is 0 Å². The zero-order valence-corrected chi connectivity index (χ0v) is 5.86. The standard InChI is InChI=1S/CH3N5.Cu.NO3/c2-6-1-3-4-5-6;;2-1(3)4/h1H,2H2;;/q;;-1. The molecule has 1 radical (unpaired) electrons. The van der Waals surface area contributed by atoms with Crippen molar-refractivity contribution in [3.63, 3.8) is 0 Å². The van der Waals surface area contributed by atoms with Crippen LogP contribution >= 0.6 is 0 Å². The van der Waals surface area contributed by atoms with Gasteiger partial charge in [0.15, 0.2) is 6.33 Å². The first kappa shape index (κ1) is 12.3. The zero-order chi connectivity index (χ0) is 7.98. The molecule has 0 atom stereocenters. The summed E-state index contributed by atoms with van der Waals surface area (Å²) < 4.78 is 0. The normalized spacial score (nSPS) is 6.91. The topological polar surface area (TPSA) is 136 Å². The van der Waals surface area contributed by atoms with Crippen LogP contribution in [-0.4, -0.2) is 25.4 Å². The Bertz CT molecular complexity index is 182. The van der Waals surface area contributed by atoms with Gasteiger partial charge in [0, 0.05) is 17.1 Å². The van der Waals surface area contributed by atoms with E-state index in [0.717, 1.165) is 4.79 Å². The molecule has 0 bridgehead atoms. The molecule has 0 aliphatic carbocycles. The minimum absolute atomic E-state index is 0. The van der Waals surface area contributed by atoms with Crippen LogP contribution in [0, 0.1) is 15.3 Å². The van der Waals surface area contributed by atoms with Crippen LogP contribution in [-0.2, 0) is 17.1 Å². The smallest absolute Gasteiger partial charge is 0.161 e. The molecule has 1 aromatic rings. The molecule has 0 aliphatic heterocycles. The van der Waals surface area contributed by atoms with E-state index in [1.54, 1.807) is 0 Å². The van der Waals surface area contributed by atoms with Crippen LogP contribution in [0.1, 0.15) is 0 Å². The Morgan fingerprint density at radius 2 is 2.00 bits per heavy atom. The summed E-state index contributed by atoms with van der Waals surface area (Å²) in [6.07, 6.45) is 1.31. The van der Waals surface area contributed by atoms with Crippen molar-refractivity contribution >= 4 is 0 Å². The van der Waals surface area contributed by atoms with Gasteiger partial charge in [-0.3, -0.25) is 0 Å². The molecule has 11 heavy (non-hydrogen) atoms. The average molecular weight is 211 g/mol. The van der Waals surface area contributed by atoms with Crippen LogP contribution in [0.4, 0.5) is 0 Å². The van der Waals surface area contributed by atoms with E-state index < -0.39 is 5.09 Å². The van der Waals surface area contributed by atoms with Crippen molar-refractivity contribution in [1.82, 2.24) is 20.3 Å². The second-order valence-electron chi connectivity index (χ2n) is 1.01. The second kappa shape index (κ2) is 6.71. The van der Waals surface area contributed by atoms with Crippen molar-refractivity contribution in [3.05, 3.63) is 21.6 Å². The number of hydrogen-bond acceptors (Lipinski definition) is 7. The molecule has 0 aromatic carbocycles.